The van der Waals surface area contributed by atoms with Gasteiger partial charge in [-0.3, -0.25) is 15.4 Å². The number of anilines is 6. The Morgan fingerprint density at radius 2 is 1.79 bits per heavy atom. The van der Waals surface area contributed by atoms with Crippen molar-refractivity contribution in [1.82, 2.24) is 9.97 Å². The van der Waals surface area contributed by atoms with Crippen molar-refractivity contribution in [3.05, 3.63) is 51.7 Å². The molecule has 16 heteroatoms. The zero-order valence-electron chi connectivity index (χ0n) is 24.8. The lowest BCUT2D eigenvalue weighted by Crippen LogP contribution is -2.27. The second-order valence-corrected chi connectivity index (χ2v) is 12.6. The summed E-state index contributed by atoms with van der Waals surface area (Å²) in [6.07, 6.45) is 1.57. The molecule has 0 aliphatic rings. The summed E-state index contributed by atoms with van der Waals surface area (Å²) in [5, 5.41) is 20.3. The largest absolute Gasteiger partial charge is 0.494 e. The maximum absolute atomic E-state index is 12.5. The Balaban J connectivity index is 2.01. The van der Waals surface area contributed by atoms with Crippen LogP contribution in [0.2, 0.25) is 5.02 Å². The molecule has 0 saturated carbocycles. The van der Waals surface area contributed by atoms with E-state index in [1.165, 1.54) is 37.6 Å². The highest BCUT2D eigenvalue weighted by Crippen LogP contribution is 2.39. The average molecular weight is 636 g/mol. The lowest BCUT2D eigenvalue weighted by Gasteiger charge is -2.22. The number of hydrogen-bond donors (Lipinski definition) is 3. The van der Waals surface area contributed by atoms with Crippen LogP contribution in [0.25, 0.3) is 0 Å². The van der Waals surface area contributed by atoms with Crippen molar-refractivity contribution in [3.63, 3.8) is 0 Å². The van der Waals surface area contributed by atoms with Gasteiger partial charge in [0.1, 0.15) is 22.1 Å². The van der Waals surface area contributed by atoms with Crippen LogP contribution in [0.4, 0.5) is 45.0 Å². The van der Waals surface area contributed by atoms with Crippen molar-refractivity contribution < 1.29 is 27.6 Å². The van der Waals surface area contributed by atoms with Gasteiger partial charge in [-0.1, -0.05) is 11.6 Å². The fourth-order valence-corrected chi connectivity index (χ4v) is 4.96. The molecule has 0 aliphatic heterocycles. The molecule has 1 heterocycles. The lowest BCUT2D eigenvalue weighted by molar-refractivity contribution is -0.384. The van der Waals surface area contributed by atoms with E-state index in [4.69, 9.17) is 21.1 Å². The van der Waals surface area contributed by atoms with Crippen molar-refractivity contribution in [3.8, 4) is 5.75 Å². The van der Waals surface area contributed by atoms with Gasteiger partial charge in [-0.15, -0.1) is 0 Å². The van der Waals surface area contributed by atoms with Crippen molar-refractivity contribution >= 4 is 67.7 Å². The first-order chi connectivity index (χ1) is 20.1. The van der Waals surface area contributed by atoms with E-state index in [0.29, 0.717) is 24.5 Å². The minimum Gasteiger partial charge on any atom is -0.494 e. The van der Waals surface area contributed by atoms with E-state index in [1.54, 1.807) is 26.8 Å². The first kappa shape index (κ1) is 33.1. The molecule has 1 aromatic heterocycles. The van der Waals surface area contributed by atoms with Crippen LogP contribution in [0.5, 0.6) is 5.75 Å². The van der Waals surface area contributed by atoms with Crippen molar-refractivity contribution in [2.24, 2.45) is 0 Å². The molecule has 0 saturated heterocycles. The van der Waals surface area contributed by atoms with E-state index >= 15 is 0 Å². The predicted octanol–water partition coefficient (Wildman–Crippen LogP) is 6.13. The summed E-state index contributed by atoms with van der Waals surface area (Å²) in [7, 11) is -2.30. The number of ether oxygens (including phenoxy) is 2. The smallest absolute Gasteiger partial charge is 0.412 e. The lowest BCUT2D eigenvalue weighted by atomic mass is 10.2. The van der Waals surface area contributed by atoms with Gasteiger partial charge in [-0.25, -0.2) is 18.2 Å². The quantitative estimate of drug-likeness (QED) is 0.162. The van der Waals surface area contributed by atoms with E-state index in [-0.39, 0.29) is 44.4 Å². The topological polar surface area (TPSA) is 178 Å². The SMILES string of the molecule is CCN(CC)c1cc(OC)c(Nc2ncc(Cl)c(Nc3cc(NC(=O)OC(C)(C)C)ccc3S(C)(=O)=O)n2)cc1[N+](=O)[O-]. The molecule has 3 rings (SSSR count). The molecular formula is C27H34ClN7O7S. The summed E-state index contributed by atoms with van der Waals surface area (Å²) in [5.41, 5.74) is 0.0393. The molecule has 0 aliphatic carbocycles. The van der Waals surface area contributed by atoms with Crippen LogP contribution in [0, 0.1) is 10.1 Å². The number of halogens is 1. The molecule has 0 radical (unpaired) electrons. The number of aromatic nitrogens is 2. The number of nitrogens with zero attached hydrogens (tertiary/aromatic N) is 4. The number of sulfone groups is 1. The summed E-state index contributed by atoms with van der Waals surface area (Å²) in [5.74, 6) is 0.312. The highest BCUT2D eigenvalue weighted by Gasteiger charge is 2.24. The van der Waals surface area contributed by atoms with Gasteiger partial charge < -0.3 is 25.0 Å². The zero-order valence-corrected chi connectivity index (χ0v) is 26.4. The summed E-state index contributed by atoms with van der Waals surface area (Å²) >= 11 is 6.35. The molecule has 232 valence electrons. The van der Waals surface area contributed by atoms with E-state index in [2.05, 4.69) is 25.9 Å². The molecule has 0 fully saturated rings. The number of amides is 1. The fraction of sp³-hybridized carbons (Fsp3) is 0.370. The Hall–Kier alpha value is -4.37. The second kappa shape index (κ2) is 13.3. The molecule has 43 heavy (non-hydrogen) atoms. The third-order valence-corrected chi connectivity index (χ3v) is 7.30. The molecule has 2 aromatic carbocycles. The van der Waals surface area contributed by atoms with E-state index < -0.39 is 26.5 Å². The molecule has 3 aromatic rings. The number of nitrogens with one attached hydrogen (secondary N) is 3. The molecule has 0 bridgehead atoms. The molecule has 3 N–H and O–H groups in total. The highest BCUT2D eigenvalue weighted by atomic mass is 35.5. The van der Waals surface area contributed by atoms with Crippen LogP contribution in [0.1, 0.15) is 34.6 Å². The second-order valence-electron chi connectivity index (χ2n) is 10.2. The van der Waals surface area contributed by atoms with Gasteiger partial charge >= 0.3 is 6.09 Å². The number of nitro groups is 1. The van der Waals surface area contributed by atoms with Crippen LogP contribution < -0.4 is 25.6 Å². The molecular weight excluding hydrogens is 602 g/mol. The average Bonchev–Trinajstić information content (AvgIpc) is 2.89. The van der Waals surface area contributed by atoms with Gasteiger partial charge in [0.15, 0.2) is 15.7 Å². The number of benzene rings is 2. The van der Waals surface area contributed by atoms with Gasteiger partial charge in [0, 0.05) is 37.2 Å². The maximum Gasteiger partial charge on any atom is 0.412 e. The molecule has 0 spiro atoms. The van der Waals surface area contributed by atoms with Crippen LogP contribution in [0.15, 0.2) is 41.4 Å². The van der Waals surface area contributed by atoms with Crippen LogP contribution in [-0.2, 0) is 14.6 Å². The van der Waals surface area contributed by atoms with Gasteiger partial charge in [-0.05, 0) is 52.8 Å². The van der Waals surface area contributed by atoms with Crippen LogP contribution >= 0.6 is 11.6 Å². The Bertz CT molecular complexity index is 1620. The van der Waals surface area contributed by atoms with Gasteiger partial charge in [0.05, 0.1) is 34.5 Å². The summed E-state index contributed by atoms with van der Waals surface area (Å²) in [4.78, 5) is 34.0. The normalized spacial score (nSPS) is 11.4. The van der Waals surface area contributed by atoms with Gasteiger partial charge in [-0.2, -0.15) is 4.98 Å². The Labute approximate surface area is 254 Å². The van der Waals surface area contributed by atoms with Crippen molar-refractivity contribution in [2.75, 3.05) is 47.3 Å². The Morgan fingerprint density at radius 3 is 2.35 bits per heavy atom. The number of rotatable bonds is 11. The van der Waals surface area contributed by atoms with Crippen molar-refractivity contribution in [2.45, 2.75) is 45.1 Å². The zero-order chi connectivity index (χ0) is 32.1. The van der Waals surface area contributed by atoms with Crippen molar-refractivity contribution in [1.29, 1.82) is 0 Å². The number of hydrogen-bond acceptors (Lipinski definition) is 12. The first-order valence-corrected chi connectivity index (χ1v) is 15.3. The first-order valence-electron chi connectivity index (χ1n) is 13.1. The number of methoxy groups -OCH3 is 1. The Morgan fingerprint density at radius 1 is 1.12 bits per heavy atom. The van der Waals surface area contributed by atoms with Gasteiger partial charge in [0.25, 0.3) is 5.69 Å². The van der Waals surface area contributed by atoms with Crippen LogP contribution in [-0.4, -0.2) is 61.5 Å². The maximum atomic E-state index is 12.5. The minimum absolute atomic E-state index is 0.0148. The van der Waals surface area contributed by atoms with Gasteiger partial charge in [0.2, 0.25) is 5.95 Å². The Kier molecular flexibility index (Phi) is 10.2. The predicted molar refractivity (Wildman–Crippen MR) is 166 cm³/mol. The molecule has 0 unspecified atom stereocenters. The standard InChI is InChI=1S/C27H34ClN7O7S/c1-8-34(9-2)20-14-22(41-6)18(13-21(20)35(37)38)32-25-29-15-17(28)24(33-25)31-19-12-16(10-11-23(19)43(7,39)40)30-26(36)42-27(3,4)5/h10-15H,8-9H2,1-7H3,(H,30,36)(H2,29,31,32,33). The fourth-order valence-electron chi connectivity index (χ4n) is 4.00. The summed E-state index contributed by atoms with van der Waals surface area (Å²) in [6.45, 7) is 10.0. The van der Waals surface area contributed by atoms with E-state index in [1.807, 2.05) is 18.7 Å². The summed E-state index contributed by atoms with van der Waals surface area (Å²) in [6, 6.07) is 7.01. The highest BCUT2D eigenvalue weighted by molar-refractivity contribution is 7.90. The van der Waals surface area contributed by atoms with Crippen LogP contribution in [0.3, 0.4) is 0 Å². The van der Waals surface area contributed by atoms with E-state index in [9.17, 15) is 23.3 Å². The number of carbonyl (C=O) groups excluding carboxylic acids is 1. The third-order valence-electron chi connectivity index (χ3n) is 5.87. The number of nitro benzene ring substituents is 1. The minimum atomic E-state index is -3.73. The molecule has 14 nitrogen and oxygen atoms in total. The van der Waals surface area contributed by atoms with E-state index in [0.717, 1.165) is 6.26 Å². The summed E-state index contributed by atoms with van der Waals surface area (Å²) < 4.78 is 35.8. The monoisotopic (exact) mass is 635 g/mol. The third kappa shape index (κ3) is 8.58. The number of carbonyl (C=O) groups is 1. The molecule has 0 atom stereocenters. The molecule has 1 amide bonds.